The lowest BCUT2D eigenvalue weighted by Crippen LogP contribution is -2.50. The second-order valence-corrected chi connectivity index (χ2v) is 5.79. The van der Waals surface area contributed by atoms with Crippen molar-refractivity contribution in [1.29, 1.82) is 0 Å². The lowest BCUT2D eigenvalue weighted by molar-refractivity contribution is -0.139. The molecule has 0 bridgehead atoms. The van der Waals surface area contributed by atoms with Crippen LogP contribution in [0.3, 0.4) is 0 Å². The lowest BCUT2D eigenvalue weighted by atomic mass is 10.1. The molecule has 110 valence electrons. The molecular weight excluding hydrogens is 268 g/mol. The van der Waals surface area contributed by atoms with Crippen LogP contribution in [-0.2, 0) is 17.9 Å². The zero-order valence-corrected chi connectivity index (χ0v) is 11.8. The van der Waals surface area contributed by atoms with Crippen LogP contribution in [0.1, 0.15) is 23.7 Å². The molecule has 0 radical (unpaired) electrons. The maximum Gasteiger partial charge on any atom is 0.247 e. The van der Waals surface area contributed by atoms with Gasteiger partial charge in [-0.05, 0) is 12.5 Å². The molecule has 0 N–H and O–H groups in total. The molecule has 0 aromatic carbocycles. The van der Waals surface area contributed by atoms with E-state index in [1.54, 1.807) is 18.9 Å². The molecule has 6 nitrogen and oxygen atoms in total. The summed E-state index contributed by atoms with van der Waals surface area (Å²) in [4.78, 5) is 21.1. The Labute approximate surface area is 123 Å². The highest BCUT2D eigenvalue weighted by molar-refractivity contribution is 5.81. The molecule has 2 aliphatic heterocycles. The van der Waals surface area contributed by atoms with Crippen LogP contribution < -0.4 is 0 Å². The minimum Gasteiger partial charge on any atom is -0.472 e. The molecular formula is C15H18N4O2. The lowest BCUT2D eigenvalue weighted by Gasteiger charge is -2.39. The Morgan fingerprint density at radius 3 is 3.05 bits per heavy atom. The maximum absolute atomic E-state index is 12.6. The van der Waals surface area contributed by atoms with Crippen molar-refractivity contribution in [2.24, 2.45) is 0 Å². The maximum atomic E-state index is 12.6. The summed E-state index contributed by atoms with van der Waals surface area (Å²) in [6.07, 6.45) is 8.21. The highest BCUT2D eigenvalue weighted by Crippen LogP contribution is 2.25. The molecule has 4 heterocycles. The first-order chi connectivity index (χ1) is 10.3. The molecule has 0 saturated carbocycles. The van der Waals surface area contributed by atoms with Crippen LogP contribution in [0.25, 0.3) is 0 Å². The van der Waals surface area contributed by atoms with Crippen molar-refractivity contribution in [2.45, 2.75) is 25.6 Å². The summed E-state index contributed by atoms with van der Waals surface area (Å²) >= 11 is 0. The number of carbonyl (C=O) groups is 1. The molecule has 2 aliphatic rings. The smallest absolute Gasteiger partial charge is 0.247 e. The van der Waals surface area contributed by atoms with Gasteiger partial charge in [0.1, 0.15) is 6.04 Å². The predicted octanol–water partition coefficient (Wildman–Crippen LogP) is 1.27. The van der Waals surface area contributed by atoms with E-state index in [1.807, 2.05) is 21.7 Å². The van der Waals surface area contributed by atoms with Crippen LogP contribution >= 0.6 is 0 Å². The number of carbonyl (C=O) groups excluding carboxylic acids is 1. The first-order valence-corrected chi connectivity index (χ1v) is 7.34. The van der Waals surface area contributed by atoms with Crippen molar-refractivity contribution in [2.75, 3.05) is 19.6 Å². The summed E-state index contributed by atoms with van der Waals surface area (Å²) in [5.41, 5.74) is 2.24. The second kappa shape index (κ2) is 5.04. The van der Waals surface area contributed by atoms with E-state index in [0.717, 1.165) is 50.4 Å². The monoisotopic (exact) mass is 286 g/mol. The fraction of sp³-hybridized carbons (Fsp3) is 0.467. The topological polar surface area (TPSA) is 54.5 Å². The number of aromatic nitrogens is 2. The molecule has 6 heteroatoms. The van der Waals surface area contributed by atoms with E-state index in [9.17, 15) is 4.79 Å². The van der Waals surface area contributed by atoms with Gasteiger partial charge in [0, 0.05) is 44.5 Å². The third kappa shape index (κ3) is 2.25. The number of likely N-dealkylation sites (tertiary alicyclic amines) is 1. The first-order valence-electron chi connectivity index (χ1n) is 7.34. The average Bonchev–Trinajstić information content (AvgIpc) is 3.06. The highest BCUT2D eigenvalue weighted by Gasteiger charge is 2.34. The summed E-state index contributed by atoms with van der Waals surface area (Å²) < 4.78 is 7.16. The van der Waals surface area contributed by atoms with E-state index in [2.05, 4.69) is 9.88 Å². The number of imidazole rings is 1. The summed E-state index contributed by atoms with van der Waals surface area (Å²) in [7, 11) is 0. The number of nitrogens with zero attached hydrogens (tertiary/aromatic N) is 4. The van der Waals surface area contributed by atoms with Gasteiger partial charge in [0.2, 0.25) is 5.91 Å². The summed E-state index contributed by atoms with van der Waals surface area (Å²) in [6.45, 7) is 4.12. The van der Waals surface area contributed by atoms with Crippen molar-refractivity contribution in [3.63, 3.8) is 0 Å². The Kier molecular flexibility index (Phi) is 3.03. The van der Waals surface area contributed by atoms with Gasteiger partial charge in [0.15, 0.2) is 0 Å². The molecule has 2 aromatic heterocycles. The molecule has 21 heavy (non-hydrogen) atoms. The third-order valence-electron chi connectivity index (χ3n) is 4.34. The van der Waals surface area contributed by atoms with Gasteiger partial charge < -0.3 is 13.9 Å². The van der Waals surface area contributed by atoms with Crippen LogP contribution in [0.5, 0.6) is 0 Å². The molecule has 2 aromatic rings. The average molecular weight is 286 g/mol. The van der Waals surface area contributed by atoms with Crippen molar-refractivity contribution < 1.29 is 9.21 Å². The standard InChI is InChI=1S/C15H18N4O2/c20-15(18-3-1-4-18)14-9-17(7-12-2-5-21-10-12)8-13-6-16-11-19(13)14/h2,5-6,10-11,14H,1,3-4,7-9H2. The SMILES string of the molecule is O=C(C1CN(Cc2ccoc2)Cc2cncn21)N1CCC1. The largest absolute Gasteiger partial charge is 0.472 e. The summed E-state index contributed by atoms with van der Waals surface area (Å²) in [5.74, 6) is 0.220. The fourth-order valence-corrected chi connectivity index (χ4v) is 3.07. The van der Waals surface area contributed by atoms with Crippen LogP contribution in [0, 0.1) is 0 Å². The Bertz CT molecular complexity index is 630. The Morgan fingerprint density at radius 2 is 2.33 bits per heavy atom. The molecule has 1 unspecified atom stereocenters. The molecule has 0 aliphatic carbocycles. The summed E-state index contributed by atoms with van der Waals surface area (Å²) in [6, 6.07) is 1.82. The van der Waals surface area contributed by atoms with Gasteiger partial charge in [0.25, 0.3) is 0 Å². The fourth-order valence-electron chi connectivity index (χ4n) is 3.07. The first kappa shape index (κ1) is 12.6. The van der Waals surface area contributed by atoms with E-state index in [0.29, 0.717) is 0 Å². The third-order valence-corrected chi connectivity index (χ3v) is 4.34. The van der Waals surface area contributed by atoms with Crippen molar-refractivity contribution in [3.8, 4) is 0 Å². The van der Waals surface area contributed by atoms with E-state index in [1.165, 1.54) is 0 Å². The molecule has 1 atom stereocenters. The van der Waals surface area contributed by atoms with Crippen LogP contribution in [0.4, 0.5) is 0 Å². The molecule has 1 saturated heterocycles. The zero-order valence-electron chi connectivity index (χ0n) is 11.8. The number of fused-ring (bicyclic) bond motifs is 1. The van der Waals surface area contributed by atoms with Gasteiger partial charge in [-0.1, -0.05) is 0 Å². The van der Waals surface area contributed by atoms with Gasteiger partial charge in [0.05, 0.1) is 24.5 Å². The normalized spacial score (nSPS) is 21.9. The number of furan rings is 1. The predicted molar refractivity (Wildman–Crippen MR) is 75.3 cm³/mol. The number of rotatable bonds is 3. The van der Waals surface area contributed by atoms with Gasteiger partial charge in [-0.2, -0.15) is 0 Å². The van der Waals surface area contributed by atoms with Crippen molar-refractivity contribution in [1.82, 2.24) is 19.4 Å². The van der Waals surface area contributed by atoms with E-state index >= 15 is 0 Å². The van der Waals surface area contributed by atoms with Crippen LogP contribution in [-0.4, -0.2) is 44.9 Å². The van der Waals surface area contributed by atoms with Crippen molar-refractivity contribution >= 4 is 5.91 Å². The van der Waals surface area contributed by atoms with E-state index in [-0.39, 0.29) is 11.9 Å². The quantitative estimate of drug-likeness (QED) is 0.852. The number of hydrogen-bond acceptors (Lipinski definition) is 4. The highest BCUT2D eigenvalue weighted by atomic mass is 16.3. The minimum absolute atomic E-state index is 0.150. The number of amides is 1. The Balaban J connectivity index is 1.56. The van der Waals surface area contributed by atoms with Gasteiger partial charge in [-0.15, -0.1) is 0 Å². The molecule has 1 amide bonds. The molecule has 0 spiro atoms. The summed E-state index contributed by atoms with van der Waals surface area (Å²) in [5, 5.41) is 0. The second-order valence-electron chi connectivity index (χ2n) is 5.79. The van der Waals surface area contributed by atoms with E-state index in [4.69, 9.17) is 4.42 Å². The Hall–Kier alpha value is -2.08. The van der Waals surface area contributed by atoms with E-state index < -0.39 is 0 Å². The van der Waals surface area contributed by atoms with Gasteiger partial charge >= 0.3 is 0 Å². The van der Waals surface area contributed by atoms with Crippen molar-refractivity contribution in [3.05, 3.63) is 42.4 Å². The minimum atomic E-state index is -0.150. The van der Waals surface area contributed by atoms with Crippen LogP contribution in [0.15, 0.2) is 35.5 Å². The number of hydrogen-bond donors (Lipinski definition) is 0. The Morgan fingerprint density at radius 1 is 1.43 bits per heavy atom. The molecule has 4 rings (SSSR count). The molecule has 1 fully saturated rings. The van der Waals surface area contributed by atoms with Gasteiger partial charge in [-0.3, -0.25) is 9.69 Å². The van der Waals surface area contributed by atoms with Crippen LogP contribution in [0.2, 0.25) is 0 Å². The zero-order chi connectivity index (χ0) is 14.2. The van der Waals surface area contributed by atoms with Gasteiger partial charge in [-0.25, -0.2) is 4.98 Å².